The highest BCUT2D eigenvalue weighted by molar-refractivity contribution is 7.89. The van der Waals surface area contributed by atoms with Crippen LogP contribution in [0.2, 0.25) is 0 Å². The number of rotatable bonds is 7. The molecule has 1 aromatic rings. The quantitative estimate of drug-likeness (QED) is 0.628. The van der Waals surface area contributed by atoms with Crippen LogP contribution in [0.4, 0.5) is 0 Å². The molecule has 1 fully saturated rings. The highest BCUT2D eigenvalue weighted by Crippen LogP contribution is 2.28. The molecule has 148 valence electrons. The summed E-state index contributed by atoms with van der Waals surface area (Å²) in [5, 5.41) is 4.19. The summed E-state index contributed by atoms with van der Waals surface area (Å²) in [7, 11) is -2.48. The van der Waals surface area contributed by atoms with Gasteiger partial charge in [-0.2, -0.15) is 4.31 Å². The number of sulfonamides is 1. The molecule has 1 atom stereocenters. The van der Waals surface area contributed by atoms with Crippen LogP contribution in [0, 0.1) is 0 Å². The molecule has 1 unspecified atom stereocenters. The summed E-state index contributed by atoms with van der Waals surface area (Å²) >= 11 is 1.04. The molecule has 0 saturated carbocycles. The molecule has 0 aliphatic carbocycles. The average molecular weight is 426 g/mol. The van der Waals surface area contributed by atoms with Gasteiger partial charge in [-0.05, 0) is 18.9 Å². The molecule has 0 radical (unpaired) electrons. The first-order valence-electron chi connectivity index (χ1n) is 8.05. The van der Waals surface area contributed by atoms with Gasteiger partial charge in [0.1, 0.15) is 4.88 Å². The minimum Gasteiger partial charge on any atom is -0.465 e. The summed E-state index contributed by atoms with van der Waals surface area (Å²) < 4.78 is 31.9. The number of hydrogen-bond acceptors (Lipinski definition) is 7. The van der Waals surface area contributed by atoms with Crippen molar-refractivity contribution >= 4 is 45.6 Å². The van der Waals surface area contributed by atoms with Crippen molar-refractivity contribution in [1.82, 2.24) is 9.62 Å². The molecule has 1 aromatic heterocycles. The first kappa shape index (κ1) is 22.8. The lowest BCUT2D eigenvalue weighted by atomic mass is 10.1. The Bertz CT molecular complexity index is 723. The summed E-state index contributed by atoms with van der Waals surface area (Å²) in [5.41, 5.74) is 5.35. The van der Waals surface area contributed by atoms with E-state index in [4.69, 9.17) is 5.73 Å². The Balaban J connectivity index is 0.00000338. The summed E-state index contributed by atoms with van der Waals surface area (Å²) in [6.07, 6.45) is 2.56. The van der Waals surface area contributed by atoms with Crippen LogP contribution in [0.15, 0.2) is 16.3 Å². The minimum absolute atomic E-state index is 0. The monoisotopic (exact) mass is 425 g/mol. The third-order valence-corrected chi connectivity index (χ3v) is 7.04. The van der Waals surface area contributed by atoms with Gasteiger partial charge in [-0.25, -0.2) is 13.2 Å². The number of hydrogen-bond donors (Lipinski definition) is 2. The number of nitrogens with two attached hydrogens (primary N) is 1. The van der Waals surface area contributed by atoms with E-state index in [0.29, 0.717) is 13.0 Å². The molecule has 0 bridgehead atoms. The van der Waals surface area contributed by atoms with Gasteiger partial charge in [0.15, 0.2) is 0 Å². The van der Waals surface area contributed by atoms with Crippen LogP contribution in [0.3, 0.4) is 0 Å². The van der Waals surface area contributed by atoms with Crippen molar-refractivity contribution in [3.05, 3.63) is 16.3 Å². The third-order valence-electron chi connectivity index (χ3n) is 4.05. The molecule has 0 spiro atoms. The van der Waals surface area contributed by atoms with Crippen LogP contribution in [0.5, 0.6) is 0 Å². The maximum atomic E-state index is 12.9. The molecule has 2 heterocycles. The van der Waals surface area contributed by atoms with E-state index in [-0.39, 0.29) is 53.6 Å². The standard InChI is InChI=1S/C15H23N3O5S2.ClH/c1-23-15(20)13-8-12(10-24-13)25(21,22)18-7-3-2-4-11(18)9-17-14(19)5-6-16;/h8,10-11H,2-7,9,16H2,1H3,(H,17,19);1H. The van der Waals surface area contributed by atoms with Gasteiger partial charge >= 0.3 is 5.97 Å². The second-order valence-electron chi connectivity index (χ2n) is 5.75. The predicted molar refractivity (Wildman–Crippen MR) is 101 cm³/mol. The number of thiophene rings is 1. The van der Waals surface area contributed by atoms with Gasteiger partial charge in [0.05, 0.1) is 12.0 Å². The number of methoxy groups -OCH3 is 1. The van der Waals surface area contributed by atoms with E-state index >= 15 is 0 Å². The highest BCUT2D eigenvalue weighted by atomic mass is 35.5. The lowest BCUT2D eigenvalue weighted by molar-refractivity contribution is -0.121. The average Bonchev–Trinajstić information content (AvgIpc) is 3.10. The van der Waals surface area contributed by atoms with E-state index in [9.17, 15) is 18.0 Å². The van der Waals surface area contributed by atoms with Crippen LogP contribution in [0.1, 0.15) is 35.4 Å². The molecule has 26 heavy (non-hydrogen) atoms. The minimum atomic E-state index is -3.73. The van der Waals surface area contributed by atoms with Gasteiger partial charge in [0.25, 0.3) is 0 Å². The largest absolute Gasteiger partial charge is 0.465 e. The first-order chi connectivity index (χ1) is 11.9. The fourth-order valence-electron chi connectivity index (χ4n) is 2.74. The van der Waals surface area contributed by atoms with Crippen LogP contribution in [0.25, 0.3) is 0 Å². The number of nitrogens with one attached hydrogen (secondary N) is 1. The summed E-state index contributed by atoms with van der Waals surface area (Å²) in [4.78, 5) is 23.5. The van der Waals surface area contributed by atoms with Crippen molar-refractivity contribution < 1.29 is 22.7 Å². The molecule has 1 aliphatic heterocycles. The van der Waals surface area contributed by atoms with Crippen molar-refractivity contribution in [1.29, 1.82) is 0 Å². The molecule has 1 aliphatic rings. The van der Waals surface area contributed by atoms with Crippen LogP contribution >= 0.6 is 23.7 Å². The van der Waals surface area contributed by atoms with Crippen molar-refractivity contribution in [2.45, 2.75) is 36.6 Å². The van der Waals surface area contributed by atoms with E-state index in [1.165, 1.54) is 22.9 Å². The lowest BCUT2D eigenvalue weighted by Crippen LogP contribution is -2.49. The Morgan fingerprint density at radius 1 is 1.42 bits per heavy atom. The Labute approximate surface area is 163 Å². The molecule has 11 heteroatoms. The smallest absolute Gasteiger partial charge is 0.348 e. The molecule has 2 rings (SSSR count). The van der Waals surface area contributed by atoms with Crippen molar-refractivity contribution in [3.63, 3.8) is 0 Å². The van der Waals surface area contributed by atoms with E-state index in [1.54, 1.807) is 0 Å². The second-order valence-corrected chi connectivity index (χ2v) is 8.55. The van der Waals surface area contributed by atoms with E-state index < -0.39 is 16.0 Å². The maximum absolute atomic E-state index is 12.9. The molecule has 1 saturated heterocycles. The van der Waals surface area contributed by atoms with Crippen LogP contribution < -0.4 is 11.1 Å². The summed E-state index contributed by atoms with van der Waals surface area (Å²) in [6, 6.07) is 1.03. The van der Waals surface area contributed by atoms with E-state index in [2.05, 4.69) is 10.1 Å². The Hall–Kier alpha value is -1.20. The molecule has 3 N–H and O–H groups in total. The van der Waals surface area contributed by atoms with Crippen molar-refractivity contribution in [2.24, 2.45) is 5.73 Å². The third kappa shape index (κ3) is 5.40. The van der Waals surface area contributed by atoms with Crippen molar-refractivity contribution in [3.8, 4) is 0 Å². The summed E-state index contributed by atoms with van der Waals surface area (Å²) in [6.45, 7) is 0.902. The topological polar surface area (TPSA) is 119 Å². The fraction of sp³-hybridized carbons (Fsp3) is 0.600. The zero-order valence-corrected chi connectivity index (χ0v) is 16.9. The first-order valence-corrected chi connectivity index (χ1v) is 10.4. The normalized spacial score (nSPS) is 18.0. The van der Waals surface area contributed by atoms with Gasteiger partial charge in [0, 0.05) is 37.5 Å². The second kappa shape index (κ2) is 10.2. The van der Waals surface area contributed by atoms with Crippen LogP contribution in [-0.2, 0) is 19.6 Å². The molecular formula is C15H24ClN3O5S2. The van der Waals surface area contributed by atoms with Crippen LogP contribution in [-0.4, -0.2) is 57.4 Å². The van der Waals surface area contributed by atoms with Gasteiger partial charge in [-0.1, -0.05) is 6.42 Å². The Morgan fingerprint density at radius 2 is 2.15 bits per heavy atom. The van der Waals surface area contributed by atoms with Crippen molar-refractivity contribution in [2.75, 3.05) is 26.7 Å². The number of esters is 1. The number of halogens is 1. The molecular weight excluding hydrogens is 402 g/mol. The zero-order chi connectivity index (χ0) is 18.4. The SMILES string of the molecule is COC(=O)c1cc(S(=O)(=O)N2CCCCC2CNC(=O)CCN)cs1.Cl. The molecule has 0 aromatic carbocycles. The number of carbonyl (C=O) groups is 2. The van der Waals surface area contributed by atoms with Gasteiger partial charge in [-0.3, -0.25) is 4.79 Å². The zero-order valence-electron chi connectivity index (χ0n) is 14.5. The lowest BCUT2D eigenvalue weighted by Gasteiger charge is -2.34. The van der Waals surface area contributed by atoms with E-state index in [1.807, 2.05) is 0 Å². The van der Waals surface area contributed by atoms with Gasteiger partial charge in [0.2, 0.25) is 15.9 Å². The number of amides is 1. The number of carbonyl (C=O) groups excluding carboxylic acids is 2. The predicted octanol–water partition coefficient (Wildman–Crippen LogP) is 0.965. The fourth-order valence-corrected chi connectivity index (χ4v) is 5.61. The van der Waals surface area contributed by atoms with Gasteiger partial charge < -0.3 is 15.8 Å². The van der Waals surface area contributed by atoms with E-state index in [0.717, 1.165) is 24.2 Å². The Kier molecular flexibility index (Phi) is 8.97. The summed E-state index contributed by atoms with van der Waals surface area (Å²) in [5.74, 6) is -0.746. The molecule has 1 amide bonds. The Morgan fingerprint density at radius 3 is 2.81 bits per heavy atom. The maximum Gasteiger partial charge on any atom is 0.348 e. The highest BCUT2D eigenvalue weighted by Gasteiger charge is 2.34. The number of nitrogens with zero attached hydrogens (tertiary/aromatic N) is 1. The number of piperidine rings is 1. The van der Waals surface area contributed by atoms with Gasteiger partial charge in [-0.15, -0.1) is 23.7 Å². The number of ether oxygens (including phenoxy) is 1. The molecule has 8 nitrogen and oxygen atoms in total.